The largest absolute Gasteiger partial charge is 0.503 e. The van der Waals surface area contributed by atoms with Gasteiger partial charge in [-0.25, -0.2) is 9.40 Å². The summed E-state index contributed by atoms with van der Waals surface area (Å²) in [5, 5.41) is 16.4. The van der Waals surface area contributed by atoms with Crippen molar-refractivity contribution in [1.29, 1.82) is 0 Å². The van der Waals surface area contributed by atoms with Gasteiger partial charge in [0.1, 0.15) is 6.17 Å². The van der Waals surface area contributed by atoms with Crippen molar-refractivity contribution in [2.24, 2.45) is 11.8 Å². The number of hydrogen-bond donors (Lipinski definition) is 2. The first kappa shape index (κ1) is 25.7. The van der Waals surface area contributed by atoms with Gasteiger partial charge in [-0.05, 0) is 38.5 Å². The Morgan fingerprint density at radius 1 is 1.18 bits per heavy atom. The molecule has 3 aliphatic rings. The third kappa shape index (κ3) is 6.18. The van der Waals surface area contributed by atoms with Gasteiger partial charge < -0.3 is 15.3 Å². The minimum atomic E-state index is -1.20. The second kappa shape index (κ2) is 11.5. The van der Waals surface area contributed by atoms with Crippen LogP contribution in [0.5, 0.6) is 0 Å². The van der Waals surface area contributed by atoms with Gasteiger partial charge in [-0.3, -0.25) is 19.4 Å². The van der Waals surface area contributed by atoms with Crippen molar-refractivity contribution in [1.82, 2.24) is 20.2 Å². The first-order chi connectivity index (χ1) is 15.7. The van der Waals surface area contributed by atoms with Crippen molar-refractivity contribution in [2.75, 3.05) is 33.4 Å². The zero-order valence-corrected chi connectivity index (χ0v) is 20.3. The van der Waals surface area contributed by atoms with Crippen molar-refractivity contribution in [3.63, 3.8) is 0 Å². The zero-order chi connectivity index (χ0) is 24.1. The van der Waals surface area contributed by atoms with Crippen molar-refractivity contribution in [2.45, 2.75) is 69.8 Å². The number of hydrogen-bond acceptors (Lipinski definition) is 6. The maximum atomic E-state index is 14.2. The molecular formula is C23H36ClFN4O4. The van der Waals surface area contributed by atoms with Crippen LogP contribution in [0, 0.1) is 11.8 Å². The highest BCUT2D eigenvalue weighted by atomic mass is 35.5. The Kier molecular flexibility index (Phi) is 8.98. The second-order valence-corrected chi connectivity index (χ2v) is 10.0. The lowest BCUT2D eigenvalue weighted by atomic mass is 9.87. The minimum absolute atomic E-state index is 0.0890. The lowest BCUT2D eigenvalue weighted by Crippen LogP contribution is -2.58. The molecule has 2 aliphatic carbocycles. The summed E-state index contributed by atoms with van der Waals surface area (Å²) in [6.45, 7) is 3.47. The average Bonchev–Trinajstić information content (AvgIpc) is 3.29. The molecule has 10 heteroatoms. The Balaban J connectivity index is 1.65. The number of ketones is 1. The Hall–Kier alpha value is -1.87. The number of aliphatic hydroxyl groups excluding tert-OH is 1. The number of carbonyl (C=O) groups is 3. The van der Waals surface area contributed by atoms with E-state index in [9.17, 15) is 23.9 Å². The topological polar surface area (TPSA) is 93.2 Å². The Morgan fingerprint density at radius 3 is 2.55 bits per heavy atom. The number of amides is 2. The molecule has 33 heavy (non-hydrogen) atoms. The summed E-state index contributed by atoms with van der Waals surface area (Å²) in [7, 11) is 1.63. The second-order valence-electron chi connectivity index (χ2n) is 9.45. The van der Waals surface area contributed by atoms with E-state index in [4.69, 9.17) is 11.6 Å². The molecule has 3 unspecified atom stereocenters. The number of likely N-dealkylation sites (N-methyl/N-ethyl adjacent to an activating group) is 2. The molecule has 1 saturated heterocycles. The predicted molar refractivity (Wildman–Crippen MR) is 123 cm³/mol. The van der Waals surface area contributed by atoms with Crippen molar-refractivity contribution >= 4 is 29.2 Å². The molecule has 0 aromatic rings. The van der Waals surface area contributed by atoms with E-state index in [-0.39, 0.29) is 18.2 Å². The van der Waals surface area contributed by atoms with Gasteiger partial charge in [-0.1, -0.05) is 19.3 Å². The summed E-state index contributed by atoms with van der Waals surface area (Å²) in [6.07, 6.45) is 4.85. The molecule has 0 aromatic heterocycles. The van der Waals surface area contributed by atoms with Crippen molar-refractivity contribution in [3.05, 3.63) is 11.5 Å². The van der Waals surface area contributed by atoms with Gasteiger partial charge in [0.25, 0.3) is 5.91 Å². The summed E-state index contributed by atoms with van der Waals surface area (Å²) < 4.78 is 14.2. The van der Waals surface area contributed by atoms with E-state index in [2.05, 4.69) is 5.32 Å². The lowest BCUT2D eigenvalue weighted by molar-refractivity contribution is -0.150. The number of hydrazine groups is 1. The van der Waals surface area contributed by atoms with Gasteiger partial charge in [0.2, 0.25) is 11.7 Å². The Labute approximate surface area is 200 Å². The summed E-state index contributed by atoms with van der Waals surface area (Å²) in [5.41, 5.74) is -0.0943. The molecule has 2 N–H and O–H groups in total. The molecule has 1 aliphatic heterocycles. The first-order valence-corrected chi connectivity index (χ1v) is 12.5. The van der Waals surface area contributed by atoms with Crippen LogP contribution in [0.2, 0.25) is 0 Å². The van der Waals surface area contributed by atoms with Crippen LogP contribution in [0.25, 0.3) is 0 Å². The van der Waals surface area contributed by atoms with E-state index in [0.717, 1.165) is 25.8 Å². The van der Waals surface area contributed by atoms with E-state index in [0.29, 0.717) is 32.0 Å². The highest BCUT2D eigenvalue weighted by Crippen LogP contribution is 2.31. The molecule has 3 atom stereocenters. The fraction of sp³-hybridized carbons (Fsp3) is 0.783. The van der Waals surface area contributed by atoms with Crippen molar-refractivity contribution in [3.8, 4) is 0 Å². The molecular weight excluding hydrogens is 451 g/mol. The maximum Gasteiger partial charge on any atom is 0.276 e. The third-order valence-corrected chi connectivity index (χ3v) is 7.45. The summed E-state index contributed by atoms with van der Waals surface area (Å²) >= 11 is 5.98. The lowest BCUT2D eigenvalue weighted by Gasteiger charge is -2.45. The van der Waals surface area contributed by atoms with Crippen molar-refractivity contribution < 1.29 is 23.9 Å². The van der Waals surface area contributed by atoms with Crippen LogP contribution >= 0.6 is 11.6 Å². The number of carbonyl (C=O) groups excluding carboxylic acids is 3. The molecule has 3 fully saturated rings. The zero-order valence-electron chi connectivity index (χ0n) is 19.6. The molecule has 3 rings (SSSR count). The molecule has 2 amide bonds. The van der Waals surface area contributed by atoms with Crippen LogP contribution in [-0.2, 0) is 14.4 Å². The fourth-order valence-corrected chi connectivity index (χ4v) is 5.48. The number of alkyl halides is 2. The minimum Gasteiger partial charge on any atom is -0.503 e. The molecule has 1 heterocycles. The van der Waals surface area contributed by atoms with Crippen LogP contribution in [0.4, 0.5) is 4.39 Å². The van der Waals surface area contributed by atoms with Crippen LogP contribution in [-0.4, -0.2) is 82.5 Å². The number of Topliss-reactive ketones (excluding diaryl/α,β-unsaturated/α-hetero) is 1. The van der Waals surface area contributed by atoms with E-state index in [1.54, 1.807) is 12.1 Å². The predicted octanol–water partition coefficient (Wildman–Crippen LogP) is 2.74. The van der Waals surface area contributed by atoms with E-state index < -0.39 is 41.3 Å². The van der Waals surface area contributed by atoms with E-state index >= 15 is 0 Å². The van der Waals surface area contributed by atoms with Crippen LogP contribution in [0.15, 0.2) is 11.5 Å². The van der Waals surface area contributed by atoms with Crippen LogP contribution < -0.4 is 5.32 Å². The summed E-state index contributed by atoms with van der Waals surface area (Å²) in [5.74, 6) is -2.49. The van der Waals surface area contributed by atoms with E-state index in [1.165, 1.54) is 17.7 Å². The number of aliphatic hydroxyl groups is 1. The van der Waals surface area contributed by atoms with Crippen LogP contribution in [0.3, 0.4) is 0 Å². The molecule has 0 radical (unpaired) electrons. The van der Waals surface area contributed by atoms with E-state index in [1.807, 2.05) is 11.9 Å². The first-order valence-electron chi connectivity index (χ1n) is 12.0. The Morgan fingerprint density at radius 2 is 1.88 bits per heavy atom. The number of allylic oxidation sites excluding steroid dienone is 1. The van der Waals surface area contributed by atoms with Crippen LogP contribution in [0.1, 0.15) is 58.3 Å². The van der Waals surface area contributed by atoms with Gasteiger partial charge >= 0.3 is 0 Å². The number of rotatable bonds is 8. The number of nitrogens with zero attached hydrogens (tertiary/aromatic N) is 3. The molecule has 0 bridgehead atoms. The molecule has 0 aromatic carbocycles. The SMILES string of the molecule is CCN1/C(=C(/O)C(=O)CC(=O)NCC2CCCC(Cl)C2F)C(=O)N(C)CN1CC1CCCC1. The highest BCUT2D eigenvalue weighted by Gasteiger charge is 2.38. The standard InChI is InChI=1S/C23H36ClFN4O4/c1-3-29-21(23(33)27(2)14-28(29)13-15-7-4-5-8-15)22(32)18(30)11-19(31)26-12-16-9-6-10-17(24)20(16)25/h15-17,20,32H,3-14H2,1-2H3,(H,26,31)/b22-21+. The monoisotopic (exact) mass is 486 g/mol. The van der Waals surface area contributed by atoms with Gasteiger partial charge in [-0.15, -0.1) is 11.6 Å². The fourth-order valence-electron chi connectivity index (χ4n) is 5.12. The van der Waals surface area contributed by atoms with Gasteiger partial charge in [0.05, 0.1) is 18.5 Å². The quantitative estimate of drug-likeness (QED) is 0.237. The smallest absolute Gasteiger partial charge is 0.276 e. The highest BCUT2D eigenvalue weighted by molar-refractivity contribution is 6.21. The molecule has 8 nitrogen and oxygen atoms in total. The summed E-state index contributed by atoms with van der Waals surface area (Å²) in [4.78, 5) is 39.3. The average molecular weight is 487 g/mol. The molecule has 2 saturated carbocycles. The maximum absolute atomic E-state index is 14.2. The normalized spacial score (nSPS) is 28.8. The van der Waals surface area contributed by atoms with Gasteiger partial charge in [-0.2, -0.15) is 0 Å². The molecule has 186 valence electrons. The number of halogens is 2. The Bertz CT molecular complexity index is 774. The van der Waals surface area contributed by atoms with Gasteiger partial charge in [0.15, 0.2) is 11.5 Å². The third-order valence-electron chi connectivity index (χ3n) is 6.99. The van der Waals surface area contributed by atoms with Gasteiger partial charge in [0, 0.05) is 32.6 Å². The summed E-state index contributed by atoms with van der Waals surface area (Å²) in [6, 6.07) is 0. The molecule has 0 spiro atoms. The number of nitrogens with one attached hydrogen (secondary N) is 1.